The zero-order chi connectivity index (χ0) is 20.2. The maximum absolute atomic E-state index is 12.9. The lowest BCUT2D eigenvalue weighted by Crippen LogP contribution is -2.38. The number of carbonyl (C=O) groups excluding carboxylic acids is 2. The first-order valence-electron chi connectivity index (χ1n) is 9.86. The molecule has 0 saturated carbocycles. The fourth-order valence-electron chi connectivity index (χ4n) is 2.65. The van der Waals surface area contributed by atoms with E-state index in [0.29, 0.717) is 24.5 Å². The fraction of sp³-hybridized carbons (Fsp3) is 0.476. The highest BCUT2D eigenvalue weighted by molar-refractivity contribution is 5.99. The van der Waals surface area contributed by atoms with Crippen molar-refractivity contribution in [2.75, 3.05) is 25.0 Å². The van der Waals surface area contributed by atoms with Gasteiger partial charge in [-0.05, 0) is 37.1 Å². The summed E-state index contributed by atoms with van der Waals surface area (Å²) in [7, 11) is 0. The summed E-state index contributed by atoms with van der Waals surface area (Å²) < 4.78 is 10.3. The Hall–Kier alpha value is -2.83. The van der Waals surface area contributed by atoms with Crippen LogP contribution in [-0.2, 0) is 4.79 Å². The Bertz CT molecular complexity index is 714. The maximum Gasteiger partial charge on any atom is 0.254 e. The Morgan fingerprint density at radius 1 is 1.07 bits per heavy atom. The third-order valence-corrected chi connectivity index (χ3v) is 4.23. The quantitative estimate of drug-likeness (QED) is 0.554. The Labute approximate surface area is 166 Å². The van der Waals surface area contributed by atoms with Crippen LogP contribution in [0.5, 0.6) is 5.75 Å². The van der Waals surface area contributed by atoms with E-state index < -0.39 is 0 Å². The van der Waals surface area contributed by atoms with Crippen molar-refractivity contribution < 1.29 is 18.8 Å². The van der Waals surface area contributed by atoms with Crippen molar-refractivity contribution in [2.24, 2.45) is 0 Å². The van der Waals surface area contributed by atoms with E-state index in [9.17, 15) is 9.59 Å². The Kier molecular flexibility index (Phi) is 9.04. The number of anilines is 1. The number of nitrogens with zero attached hydrogens (tertiary/aromatic N) is 2. The zero-order valence-electron chi connectivity index (χ0n) is 16.6. The van der Waals surface area contributed by atoms with Crippen molar-refractivity contribution in [1.29, 1.82) is 0 Å². The van der Waals surface area contributed by atoms with E-state index in [1.807, 2.05) is 0 Å². The molecule has 0 unspecified atom stereocenters. The Morgan fingerprint density at radius 2 is 1.82 bits per heavy atom. The molecule has 1 aromatic heterocycles. The number of nitrogens with one attached hydrogen (secondary N) is 1. The van der Waals surface area contributed by atoms with Gasteiger partial charge in [0, 0.05) is 18.2 Å². The predicted molar refractivity (Wildman–Crippen MR) is 107 cm³/mol. The van der Waals surface area contributed by atoms with Crippen LogP contribution in [0.3, 0.4) is 0 Å². The van der Waals surface area contributed by atoms with Crippen molar-refractivity contribution in [1.82, 2.24) is 10.1 Å². The molecule has 7 nitrogen and oxygen atoms in total. The smallest absolute Gasteiger partial charge is 0.254 e. The van der Waals surface area contributed by atoms with Gasteiger partial charge in [-0.25, -0.2) is 0 Å². The summed E-state index contributed by atoms with van der Waals surface area (Å²) in [6, 6.07) is 8.63. The van der Waals surface area contributed by atoms with Gasteiger partial charge in [0.05, 0.1) is 6.61 Å². The normalized spacial score (nSPS) is 10.5. The highest BCUT2D eigenvalue weighted by Crippen LogP contribution is 2.15. The van der Waals surface area contributed by atoms with Crippen LogP contribution in [0.25, 0.3) is 0 Å². The summed E-state index contributed by atoms with van der Waals surface area (Å²) in [5, 5.41) is 6.29. The lowest BCUT2D eigenvalue weighted by molar-refractivity contribution is -0.117. The largest absolute Gasteiger partial charge is 0.494 e. The minimum absolute atomic E-state index is 0.0375. The van der Waals surface area contributed by atoms with Crippen LogP contribution in [0.1, 0.15) is 56.3 Å². The molecular formula is C21H29N3O4. The number of unbranched alkanes of at least 4 members (excludes halogenated alkanes) is 3. The number of aromatic nitrogens is 1. The van der Waals surface area contributed by atoms with Crippen LogP contribution in [0.2, 0.25) is 0 Å². The minimum Gasteiger partial charge on any atom is -0.494 e. The molecule has 2 amide bonds. The summed E-state index contributed by atoms with van der Waals surface area (Å²) >= 11 is 0. The zero-order valence-corrected chi connectivity index (χ0v) is 16.6. The molecule has 0 aliphatic rings. The summed E-state index contributed by atoms with van der Waals surface area (Å²) in [6.07, 6.45) is 6.32. The Morgan fingerprint density at radius 3 is 2.46 bits per heavy atom. The molecule has 7 heteroatoms. The monoisotopic (exact) mass is 387 g/mol. The van der Waals surface area contributed by atoms with Gasteiger partial charge in [0.15, 0.2) is 5.82 Å². The van der Waals surface area contributed by atoms with Crippen molar-refractivity contribution >= 4 is 17.6 Å². The number of hydrogen-bond acceptors (Lipinski definition) is 5. The molecule has 1 aromatic carbocycles. The number of ether oxygens (including phenoxy) is 1. The van der Waals surface area contributed by atoms with E-state index in [4.69, 9.17) is 9.26 Å². The summed E-state index contributed by atoms with van der Waals surface area (Å²) in [5.41, 5.74) is 0.536. The molecule has 0 aliphatic carbocycles. The van der Waals surface area contributed by atoms with E-state index in [2.05, 4.69) is 24.3 Å². The van der Waals surface area contributed by atoms with Gasteiger partial charge in [-0.15, -0.1) is 0 Å². The first-order chi connectivity index (χ1) is 13.6. The third-order valence-electron chi connectivity index (χ3n) is 4.23. The molecule has 0 radical (unpaired) electrons. The van der Waals surface area contributed by atoms with Gasteiger partial charge in [0.2, 0.25) is 5.91 Å². The number of hydrogen-bond donors (Lipinski definition) is 1. The standard InChI is InChI=1S/C21H29N3O4/c1-3-5-7-13-24(16-20(25)22-19-12-15-28-23-19)21(26)17-8-10-18(11-9-17)27-14-6-4-2/h8-12,15H,3-7,13-14,16H2,1-2H3,(H,22,23,25). The van der Waals surface area contributed by atoms with Gasteiger partial charge in [-0.2, -0.15) is 0 Å². The molecule has 1 heterocycles. The molecule has 1 N–H and O–H groups in total. The van der Waals surface area contributed by atoms with Gasteiger partial charge < -0.3 is 19.5 Å². The highest BCUT2D eigenvalue weighted by atomic mass is 16.5. The minimum atomic E-state index is -0.307. The molecule has 28 heavy (non-hydrogen) atoms. The molecule has 0 fully saturated rings. The molecule has 2 aromatic rings. The van der Waals surface area contributed by atoms with E-state index in [1.165, 1.54) is 6.26 Å². The highest BCUT2D eigenvalue weighted by Gasteiger charge is 2.19. The molecule has 0 bridgehead atoms. The molecule has 0 spiro atoms. The van der Waals surface area contributed by atoms with Crippen LogP contribution >= 0.6 is 0 Å². The molecule has 0 atom stereocenters. The van der Waals surface area contributed by atoms with Crippen LogP contribution in [0.15, 0.2) is 41.1 Å². The lowest BCUT2D eigenvalue weighted by atomic mass is 10.1. The molecule has 0 aliphatic heterocycles. The van der Waals surface area contributed by atoms with E-state index in [0.717, 1.165) is 37.9 Å². The topological polar surface area (TPSA) is 84.7 Å². The van der Waals surface area contributed by atoms with Crippen molar-refractivity contribution in [3.8, 4) is 5.75 Å². The second-order valence-corrected chi connectivity index (χ2v) is 6.59. The van der Waals surface area contributed by atoms with Crippen LogP contribution in [0, 0.1) is 0 Å². The molecule has 2 rings (SSSR count). The molecule has 0 saturated heterocycles. The van der Waals surface area contributed by atoms with E-state index >= 15 is 0 Å². The third kappa shape index (κ3) is 7.06. The second kappa shape index (κ2) is 11.8. The average Bonchev–Trinajstić information content (AvgIpc) is 3.20. The van der Waals surface area contributed by atoms with Gasteiger partial charge in [-0.1, -0.05) is 38.3 Å². The first-order valence-corrected chi connectivity index (χ1v) is 9.86. The Balaban J connectivity index is 1.99. The SMILES string of the molecule is CCCCCN(CC(=O)Nc1ccon1)C(=O)c1ccc(OCCCC)cc1. The van der Waals surface area contributed by atoms with Crippen LogP contribution < -0.4 is 10.1 Å². The first kappa shape index (κ1) is 21.5. The van der Waals surface area contributed by atoms with Gasteiger partial charge >= 0.3 is 0 Å². The van der Waals surface area contributed by atoms with Crippen LogP contribution in [-0.4, -0.2) is 41.6 Å². The van der Waals surface area contributed by atoms with E-state index in [-0.39, 0.29) is 18.4 Å². The van der Waals surface area contributed by atoms with Crippen molar-refractivity contribution in [2.45, 2.75) is 46.0 Å². The average molecular weight is 387 g/mol. The lowest BCUT2D eigenvalue weighted by Gasteiger charge is -2.22. The molecule has 152 valence electrons. The fourth-order valence-corrected chi connectivity index (χ4v) is 2.65. The van der Waals surface area contributed by atoms with Crippen molar-refractivity contribution in [3.63, 3.8) is 0 Å². The number of amides is 2. The molecular weight excluding hydrogens is 358 g/mol. The number of rotatable bonds is 12. The van der Waals surface area contributed by atoms with Gasteiger partial charge in [0.1, 0.15) is 18.6 Å². The summed E-state index contributed by atoms with van der Waals surface area (Å²) in [5.74, 6) is 0.593. The van der Waals surface area contributed by atoms with E-state index in [1.54, 1.807) is 35.2 Å². The number of carbonyl (C=O) groups is 2. The second-order valence-electron chi connectivity index (χ2n) is 6.59. The maximum atomic E-state index is 12.9. The summed E-state index contributed by atoms with van der Waals surface area (Å²) in [6.45, 7) is 5.35. The van der Waals surface area contributed by atoms with Crippen LogP contribution in [0.4, 0.5) is 5.82 Å². The van der Waals surface area contributed by atoms with Gasteiger partial charge in [0.25, 0.3) is 5.91 Å². The summed E-state index contributed by atoms with van der Waals surface area (Å²) in [4.78, 5) is 26.8. The van der Waals surface area contributed by atoms with Gasteiger partial charge in [-0.3, -0.25) is 9.59 Å². The van der Waals surface area contributed by atoms with Crippen molar-refractivity contribution in [3.05, 3.63) is 42.2 Å². The number of benzene rings is 1. The predicted octanol–water partition coefficient (Wildman–Crippen LogP) is 4.12.